The van der Waals surface area contributed by atoms with E-state index in [1.165, 1.54) is 19.3 Å². The van der Waals surface area contributed by atoms with Crippen LogP contribution in [0.5, 0.6) is 0 Å². The Morgan fingerprint density at radius 1 is 1.21 bits per heavy atom. The molecule has 1 aliphatic carbocycles. The fourth-order valence-electron chi connectivity index (χ4n) is 4.66. The molecule has 0 spiro atoms. The van der Waals surface area contributed by atoms with Crippen molar-refractivity contribution in [2.75, 3.05) is 19.6 Å². The molecule has 29 heavy (non-hydrogen) atoms. The van der Waals surface area contributed by atoms with E-state index >= 15 is 0 Å². The van der Waals surface area contributed by atoms with E-state index in [1.807, 2.05) is 23.1 Å². The van der Waals surface area contributed by atoms with Crippen molar-refractivity contribution in [3.05, 3.63) is 29.1 Å². The number of carbonyl (C=O) groups excluding carboxylic acids is 1. The molecule has 2 aliphatic rings. The summed E-state index contributed by atoms with van der Waals surface area (Å²) in [4.78, 5) is 19.5. The highest BCUT2D eigenvalue weighted by Gasteiger charge is 2.35. The van der Waals surface area contributed by atoms with Crippen LogP contribution in [-0.2, 0) is 4.79 Å². The van der Waals surface area contributed by atoms with Crippen molar-refractivity contribution in [1.82, 2.24) is 9.88 Å². The smallest absolute Gasteiger partial charge is 0.223 e. The van der Waals surface area contributed by atoms with E-state index in [0.717, 1.165) is 55.8 Å². The lowest BCUT2D eigenvalue weighted by Crippen LogP contribution is -2.43. The van der Waals surface area contributed by atoms with Crippen molar-refractivity contribution in [2.45, 2.75) is 57.3 Å². The fourth-order valence-corrected chi connectivity index (χ4v) is 4.82. The van der Waals surface area contributed by atoms with E-state index < -0.39 is 0 Å². The van der Waals surface area contributed by atoms with E-state index in [-0.39, 0.29) is 42.1 Å². The molecular formula is C21H30Cl3N3O2. The lowest BCUT2D eigenvalue weighted by atomic mass is 9.71. The van der Waals surface area contributed by atoms with Crippen molar-refractivity contribution in [2.24, 2.45) is 11.1 Å². The van der Waals surface area contributed by atoms with Crippen molar-refractivity contribution < 1.29 is 9.21 Å². The number of nitrogens with two attached hydrogens (primary N) is 1. The summed E-state index contributed by atoms with van der Waals surface area (Å²) in [5.41, 5.74) is 7.67. The number of rotatable bonds is 4. The Morgan fingerprint density at radius 2 is 1.90 bits per heavy atom. The van der Waals surface area contributed by atoms with Crippen LogP contribution < -0.4 is 5.73 Å². The Kier molecular flexibility index (Phi) is 8.65. The van der Waals surface area contributed by atoms with Gasteiger partial charge in [0.15, 0.2) is 11.5 Å². The molecule has 2 aromatic rings. The van der Waals surface area contributed by atoms with Gasteiger partial charge in [0.05, 0.1) is 0 Å². The van der Waals surface area contributed by atoms with Crippen LogP contribution in [0.1, 0.15) is 63.2 Å². The van der Waals surface area contributed by atoms with Gasteiger partial charge in [0.2, 0.25) is 5.91 Å². The highest BCUT2D eigenvalue weighted by Crippen LogP contribution is 2.39. The summed E-state index contributed by atoms with van der Waals surface area (Å²) in [6.07, 6.45) is 8.26. The summed E-state index contributed by atoms with van der Waals surface area (Å²) < 4.78 is 5.92. The SMILES string of the molecule is Cl.Cl.NCC1(CC(=O)N2CCC(c3nc4cc(Cl)ccc4o3)CC2)CCCCC1. The van der Waals surface area contributed by atoms with Gasteiger partial charge in [0.25, 0.3) is 0 Å². The normalized spacial score (nSPS) is 19.4. The number of amides is 1. The van der Waals surface area contributed by atoms with E-state index in [4.69, 9.17) is 21.8 Å². The van der Waals surface area contributed by atoms with Crippen LogP contribution in [0.3, 0.4) is 0 Å². The number of piperidine rings is 1. The van der Waals surface area contributed by atoms with Gasteiger partial charge in [-0.1, -0.05) is 30.9 Å². The highest BCUT2D eigenvalue weighted by molar-refractivity contribution is 6.31. The standard InChI is InChI=1S/C21H28ClN3O2.2ClH/c22-16-4-5-18-17(12-16)24-20(27-18)15-6-10-25(11-7-15)19(26)13-21(14-23)8-2-1-3-9-21;;/h4-5,12,15H,1-3,6-11,13-14,23H2;2*1H. The number of hydrogen-bond acceptors (Lipinski definition) is 4. The third kappa shape index (κ3) is 5.38. The molecule has 162 valence electrons. The number of nitrogens with zero attached hydrogens (tertiary/aromatic N) is 2. The largest absolute Gasteiger partial charge is 0.440 e. The minimum Gasteiger partial charge on any atom is -0.440 e. The summed E-state index contributed by atoms with van der Waals surface area (Å²) in [5, 5.41) is 0.666. The molecule has 1 aliphatic heterocycles. The molecule has 1 amide bonds. The van der Waals surface area contributed by atoms with Crippen LogP contribution in [0.25, 0.3) is 11.1 Å². The average molecular weight is 463 g/mol. The number of aromatic nitrogens is 1. The van der Waals surface area contributed by atoms with Gasteiger partial charge in [-0.15, -0.1) is 24.8 Å². The summed E-state index contributed by atoms with van der Waals surface area (Å²) in [5.74, 6) is 1.30. The number of carbonyl (C=O) groups is 1. The molecule has 2 heterocycles. The molecule has 5 nitrogen and oxygen atoms in total. The monoisotopic (exact) mass is 461 g/mol. The van der Waals surface area contributed by atoms with Crippen LogP contribution in [0.2, 0.25) is 5.02 Å². The number of oxazole rings is 1. The van der Waals surface area contributed by atoms with Crippen LogP contribution in [-0.4, -0.2) is 35.4 Å². The van der Waals surface area contributed by atoms with Gasteiger partial charge in [-0.3, -0.25) is 4.79 Å². The molecule has 1 aromatic carbocycles. The molecule has 1 aromatic heterocycles. The zero-order chi connectivity index (χ0) is 18.9. The van der Waals surface area contributed by atoms with Gasteiger partial charge in [0.1, 0.15) is 5.52 Å². The second-order valence-corrected chi connectivity index (χ2v) is 8.70. The number of likely N-dealkylation sites (tertiary alicyclic amines) is 1. The van der Waals surface area contributed by atoms with Crippen LogP contribution in [0.15, 0.2) is 22.6 Å². The van der Waals surface area contributed by atoms with Gasteiger partial charge in [0, 0.05) is 30.5 Å². The van der Waals surface area contributed by atoms with Crippen LogP contribution in [0, 0.1) is 5.41 Å². The number of benzene rings is 1. The molecular weight excluding hydrogens is 433 g/mol. The Hall–Kier alpha value is -1.01. The van der Waals surface area contributed by atoms with E-state index in [0.29, 0.717) is 18.0 Å². The van der Waals surface area contributed by atoms with Gasteiger partial charge < -0.3 is 15.1 Å². The zero-order valence-corrected chi connectivity index (χ0v) is 19.0. The van der Waals surface area contributed by atoms with Crippen molar-refractivity contribution in [1.29, 1.82) is 0 Å². The predicted octanol–water partition coefficient (Wildman–Crippen LogP) is 5.33. The van der Waals surface area contributed by atoms with Crippen molar-refractivity contribution >= 4 is 53.4 Å². The Labute approximate surface area is 189 Å². The summed E-state index contributed by atoms with van der Waals surface area (Å²) in [6.45, 7) is 2.16. The molecule has 4 rings (SSSR count). The zero-order valence-electron chi connectivity index (χ0n) is 16.6. The minimum absolute atomic E-state index is 0. The van der Waals surface area contributed by atoms with Gasteiger partial charge in [-0.05, 0) is 55.8 Å². The first-order valence-electron chi connectivity index (χ1n) is 10.1. The number of halogens is 3. The topological polar surface area (TPSA) is 72.4 Å². The van der Waals surface area contributed by atoms with E-state index in [9.17, 15) is 4.79 Å². The second-order valence-electron chi connectivity index (χ2n) is 8.26. The Morgan fingerprint density at radius 3 is 2.55 bits per heavy atom. The first-order chi connectivity index (χ1) is 13.1. The second kappa shape index (κ2) is 10.3. The Bertz CT molecular complexity index is 813. The molecule has 0 atom stereocenters. The van der Waals surface area contributed by atoms with Crippen LogP contribution in [0.4, 0.5) is 0 Å². The summed E-state index contributed by atoms with van der Waals surface area (Å²) in [7, 11) is 0. The van der Waals surface area contributed by atoms with Gasteiger partial charge >= 0.3 is 0 Å². The lowest BCUT2D eigenvalue weighted by Gasteiger charge is -2.38. The molecule has 0 bridgehead atoms. The van der Waals surface area contributed by atoms with Gasteiger partial charge in [-0.2, -0.15) is 0 Å². The van der Waals surface area contributed by atoms with E-state index in [2.05, 4.69) is 4.98 Å². The molecule has 0 unspecified atom stereocenters. The highest BCUT2D eigenvalue weighted by atomic mass is 35.5. The lowest BCUT2D eigenvalue weighted by molar-refractivity contribution is -0.135. The summed E-state index contributed by atoms with van der Waals surface area (Å²) >= 11 is 6.04. The van der Waals surface area contributed by atoms with Crippen molar-refractivity contribution in [3.63, 3.8) is 0 Å². The number of hydrogen-bond donors (Lipinski definition) is 1. The number of fused-ring (bicyclic) bond motifs is 1. The minimum atomic E-state index is 0. The first kappa shape index (κ1) is 24.3. The fraction of sp³-hybridized carbons (Fsp3) is 0.619. The molecule has 2 N–H and O–H groups in total. The Balaban J connectivity index is 0.00000150. The van der Waals surface area contributed by atoms with E-state index in [1.54, 1.807) is 0 Å². The summed E-state index contributed by atoms with van der Waals surface area (Å²) in [6, 6.07) is 5.51. The van der Waals surface area contributed by atoms with Gasteiger partial charge in [-0.25, -0.2) is 4.98 Å². The maximum absolute atomic E-state index is 12.9. The molecule has 1 saturated heterocycles. The third-order valence-corrected chi connectivity index (χ3v) is 6.67. The molecule has 1 saturated carbocycles. The molecule has 2 fully saturated rings. The molecule has 8 heteroatoms. The maximum atomic E-state index is 12.9. The van der Waals surface area contributed by atoms with Crippen molar-refractivity contribution in [3.8, 4) is 0 Å². The quantitative estimate of drug-likeness (QED) is 0.666. The maximum Gasteiger partial charge on any atom is 0.223 e. The predicted molar refractivity (Wildman–Crippen MR) is 121 cm³/mol. The first-order valence-corrected chi connectivity index (χ1v) is 10.5. The third-order valence-electron chi connectivity index (χ3n) is 6.44. The van der Waals surface area contributed by atoms with Crippen LogP contribution >= 0.6 is 36.4 Å². The molecule has 0 radical (unpaired) electrons. The average Bonchev–Trinajstić information content (AvgIpc) is 3.12.